The van der Waals surface area contributed by atoms with Gasteiger partial charge in [-0.15, -0.1) is 0 Å². The highest BCUT2D eigenvalue weighted by molar-refractivity contribution is 5.96. The predicted molar refractivity (Wildman–Crippen MR) is 113 cm³/mol. The van der Waals surface area contributed by atoms with Gasteiger partial charge in [0, 0.05) is 16.6 Å². The minimum Gasteiger partial charge on any atom is -0.422 e. The summed E-state index contributed by atoms with van der Waals surface area (Å²) in [6.45, 7) is 0.700. The molecule has 6 nitrogen and oxygen atoms in total. The molecule has 2 aromatic carbocycles. The lowest BCUT2D eigenvalue weighted by atomic mass is 9.92. The molecule has 6 heteroatoms. The first kappa shape index (κ1) is 18.4. The molecule has 2 heterocycles. The van der Waals surface area contributed by atoms with Crippen LogP contribution >= 0.6 is 0 Å². The van der Waals surface area contributed by atoms with E-state index in [-0.39, 0.29) is 11.6 Å². The number of nitrogens with zero attached hydrogens (tertiary/aromatic N) is 2. The normalized spacial score (nSPS) is 15.7. The lowest BCUT2D eigenvalue weighted by molar-refractivity contribution is 0.0929. The van der Waals surface area contributed by atoms with Crippen LogP contribution in [-0.4, -0.2) is 15.7 Å². The molecule has 5 rings (SSSR count). The molecule has 0 fully saturated rings. The topological polar surface area (TPSA) is 77.1 Å². The van der Waals surface area contributed by atoms with Gasteiger partial charge < -0.3 is 9.73 Å². The van der Waals surface area contributed by atoms with Gasteiger partial charge in [0.05, 0.1) is 18.8 Å². The van der Waals surface area contributed by atoms with E-state index in [1.807, 2.05) is 41.2 Å². The summed E-state index contributed by atoms with van der Waals surface area (Å²) in [6.07, 6.45) is 4.53. The maximum Gasteiger partial charge on any atom is 0.349 e. The summed E-state index contributed by atoms with van der Waals surface area (Å²) < 4.78 is 7.32. The summed E-state index contributed by atoms with van der Waals surface area (Å²) in [6, 6.07) is 18.8. The van der Waals surface area contributed by atoms with E-state index < -0.39 is 11.5 Å². The van der Waals surface area contributed by atoms with E-state index >= 15 is 0 Å². The fraction of sp³-hybridized carbons (Fsp3) is 0.208. The Morgan fingerprint density at radius 2 is 1.93 bits per heavy atom. The molecule has 1 amide bonds. The maximum absolute atomic E-state index is 12.9. The standard InChI is InChI=1S/C24H21N3O3/c28-23(18-13-17-9-4-5-12-22(17)30-24(18)29)26-20-10-6-11-21-19(20)14-25-27(21)15-16-7-2-1-3-8-16/h1-5,7-9,12-14,20H,6,10-11,15H2,(H,26,28)/t20-/m0/s1. The number of hydrogen-bond acceptors (Lipinski definition) is 4. The van der Waals surface area contributed by atoms with Crippen molar-refractivity contribution in [2.75, 3.05) is 0 Å². The zero-order valence-electron chi connectivity index (χ0n) is 16.4. The second kappa shape index (κ2) is 7.63. The van der Waals surface area contributed by atoms with Crippen LogP contribution in [0.5, 0.6) is 0 Å². The molecule has 30 heavy (non-hydrogen) atoms. The van der Waals surface area contributed by atoms with Crippen molar-refractivity contribution in [2.45, 2.75) is 31.8 Å². The molecule has 0 saturated carbocycles. The van der Waals surface area contributed by atoms with Gasteiger partial charge in [-0.3, -0.25) is 9.48 Å². The van der Waals surface area contributed by atoms with Crippen molar-refractivity contribution in [2.24, 2.45) is 0 Å². The number of aromatic nitrogens is 2. The van der Waals surface area contributed by atoms with Gasteiger partial charge in [0.1, 0.15) is 11.1 Å². The van der Waals surface area contributed by atoms with Crippen LogP contribution in [-0.2, 0) is 13.0 Å². The third kappa shape index (κ3) is 3.41. The van der Waals surface area contributed by atoms with Gasteiger partial charge in [-0.1, -0.05) is 48.5 Å². The fourth-order valence-electron chi connectivity index (χ4n) is 4.12. The van der Waals surface area contributed by atoms with Crippen LogP contribution in [0.2, 0.25) is 0 Å². The Morgan fingerprint density at radius 1 is 1.13 bits per heavy atom. The van der Waals surface area contributed by atoms with E-state index in [9.17, 15) is 9.59 Å². The molecule has 1 N–H and O–H groups in total. The van der Waals surface area contributed by atoms with Gasteiger partial charge in [-0.05, 0) is 37.0 Å². The highest BCUT2D eigenvalue weighted by Gasteiger charge is 2.27. The minimum atomic E-state index is -0.623. The Kier molecular flexibility index (Phi) is 4.67. The third-order valence-electron chi connectivity index (χ3n) is 5.63. The predicted octanol–water partition coefficient (Wildman–Crippen LogP) is 3.85. The number of carbonyl (C=O) groups excluding carboxylic acids is 1. The monoisotopic (exact) mass is 399 g/mol. The molecule has 2 aromatic heterocycles. The SMILES string of the molecule is O=C(N[C@H]1CCCc2c1cnn2Cc1ccccc1)c1cc2ccccc2oc1=O. The molecule has 150 valence electrons. The molecule has 1 aliphatic rings. The fourth-order valence-corrected chi connectivity index (χ4v) is 4.12. The molecule has 0 saturated heterocycles. The summed E-state index contributed by atoms with van der Waals surface area (Å²) in [5.74, 6) is -0.414. The van der Waals surface area contributed by atoms with Crippen LogP contribution < -0.4 is 10.9 Å². The molecule has 0 aliphatic heterocycles. The second-order valence-corrected chi connectivity index (χ2v) is 7.59. The van der Waals surface area contributed by atoms with Crippen molar-refractivity contribution >= 4 is 16.9 Å². The highest BCUT2D eigenvalue weighted by atomic mass is 16.4. The number of benzene rings is 2. The number of hydrogen-bond donors (Lipinski definition) is 1. The first-order valence-electron chi connectivity index (χ1n) is 10.1. The van der Waals surface area contributed by atoms with E-state index in [1.165, 1.54) is 5.56 Å². The first-order chi connectivity index (χ1) is 14.7. The van der Waals surface area contributed by atoms with Crippen LogP contribution in [0.1, 0.15) is 46.1 Å². The average Bonchev–Trinajstić information content (AvgIpc) is 3.18. The molecule has 0 bridgehead atoms. The van der Waals surface area contributed by atoms with E-state index in [1.54, 1.807) is 18.2 Å². The van der Waals surface area contributed by atoms with Crippen molar-refractivity contribution in [1.82, 2.24) is 15.1 Å². The van der Waals surface area contributed by atoms with Crippen molar-refractivity contribution in [1.29, 1.82) is 0 Å². The Hall–Kier alpha value is -3.67. The van der Waals surface area contributed by atoms with Crippen molar-refractivity contribution in [3.8, 4) is 0 Å². The van der Waals surface area contributed by atoms with Crippen LogP contribution in [0.3, 0.4) is 0 Å². The van der Waals surface area contributed by atoms with Gasteiger partial charge in [-0.2, -0.15) is 5.10 Å². The number of rotatable bonds is 4. The Balaban J connectivity index is 1.40. The molecule has 0 radical (unpaired) electrons. The molecule has 1 atom stereocenters. The number of nitrogens with one attached hydrogen (secondary N) is 1. The molecule has 0 unspecified atom stereocenters. The van der Waals surface area contributed by atoms with E-state index in [0.29, 0.717) is 12.1 Å². The van der Waals surface area contributed by atoms with Crippen LogP contribution in [0.4, 0.5) is 0 Å². The summed E-state index contributed by atoms with van der Waals surface area (Å²) in [5.41, 5.74) is 3.22. The summed E-state index contributed by atoms with van der Waals surface area (Å²) in [5, 5.41) is 8.31. The van der Waals surface area contributed by atoms with Crippen molar-refractivity contribution in [3.05, 3.63) is 99.7 Å². The lowest BCUT2D eigenvalue weighted by Crippen LogP contribution is -2.33. The van der Waals surface area contributed by atoms with Gasteiger partial charge >= 0.3 is 5.63 Å². The number of amides is 1. The minimum absolute atomic E-state index is 0.0255. The van der Waals surface area contributed by atoms with Gasteiger partial charge in [-0.25, -0.2) is 4.79 Å². The Morgan fingerprint density at radius 3 is 2.80 bits per heavy atom. The van der Waals surface area contributed by atoms with Crippen LogP contribution in [0, 0.1) is 0 Å². The molecular weight excluding hydrogens is 378 g/mol. The molecule has 4 aromatic rings. The summed E-state index contributed by atoms with van der Waals surface area (Å²) in [7, 11) is 0. The summed E-state index contributed by atoms with van der Waals surface area (Å²) in [4.78, 5) is 25.2. The zero-order valence-corrected chi connectivity index (χ0v) is 16.4. The average molecular weight is 399 g/mol. The first-order valence-corrected chi connectivity index (χ1v) is 10.1. The van der Waals surface area contributed by atoms with Crippen molar-refractivity contribution in [3.63, 3.8) is 0 Å². The third-order valence-corrected chi connectivity index (χ3v) is 5.63. The van der Waals surface area contributed by atoms with Crippen molar-refractivity contribution < 1.29 is 9.21 Å². The van der Waals surface area contributed by atoms with Gasteiger partial charge in [0.2, 0.25) is 0 Å². The van der Waals surface area contributed by atoms with E-state index in [4.69, 9.17) is 4.42 Å². The quantitative estimate of drug-likeness (QED) is 0.529. The molecular formula is C24H21N3O3. The Bertz CT molecular complexity index is 1270. The van der Waals surface area contributed by atoms with Gasteiger partial charge in [0.25, 0.3) is 5.91 Å². The van der Waals surface area contributed by atoms with Crippen LogP contribution in [0.25, 0.3) is 11.0 Å². The highest BCUT2D eigenvalue weighted by Crippen LogP contribution is 2.30. The largest absolute Gasteiger partial charge is 0.422 e. The smallest absolute Gasteiger partial charge is 0.349 e. The van der Waals surface area contributed by atoms with E-state index in [2.05, 4.69) is 22.5 Å². The number of para-hydroxylation sites is 1. The maximum atomic E-state index is 12.9. The molecule has 1 aliphatic carbocycles. The van der Waals surface area contributed by atoms with Gasteiger partial charge in [0.15, 0.2) is 0 Å². The second-order valence-electron chi connectivity index (χ2n) is 7.59. The number of fused-ring (bicyclic) bond motifs is 2. The van der Waals surface area contributed by atoms with E-state index in [0.717, 1.165) is 35.9 Å². The number of carbonyl (C=O) groups is 1. The zero-order chi connectivity index (χ0) is 20.5. The Labute approximate surface area is 173 Å². The lowest BCUT2D eigenvalue weighted by Gasteiger charge is -2.24. The summed E-state index contributed by atoms with van der Waals surface area (Å²) >= 11 is 0. The van der Waals surface area contributed by atoms with Crippen LogP contribution in [0.15, 0.2) is 76.1 Å². The molecule has 0 spiro atoms.